The molecule has 3 heteroatoms. The van der Waals surface area contributed by atoms with Crippen molar-refractivity contribution < 1.29 is 14.9 Å². The van der Waals surface area contributed by atoms with Crippen molar-refractivity contribution >= 4 is 11.6 Å². The van der Waals surface area contributed by atoms with Crippen LogP contribution in [-0.2, 0) is 25.9 Å². The maximum Gasteiger partial charge on any atom is 0.119 e. The Morgan fingerprint density at radius 2 is 1.38 bits per heavy atom. The van der Waals surface area contributed by atoms with Gasteiger partial charge < -0.3 is 14.9 Å². The van der Waals surface area contributed by atoms with Gasteiger partial charge in [-0.1, -0.05) is 60.7 Å². The van der Waals surface area contributed by atoms with Crippen LogP contribution in [0.1, 0.15) is 33.4 Å². The number of allylic oxidation sites excluding steroid dienone is 1. The van der Waals surface area contributed by atoms with Gasteiger partial charge in [0.05, 0.1) is 0 Å². The molecule has 0 saturated carbocycles. The molecule has 0 fully saturated rings. The van der Waals surface area contributed by atoms with E-state index in [1.807, 2.05) is 48.5 Å². The maximum atomic E-state index is 10.2. The Labute approximate surface area is 199 Å². The monoisotopic (exact) mass is 446 g/mol. The number of hydrogen-bond donors (Lipinski definition) is 2. The maximum absolute atomic E-state index is 10.2. The number of fused-ring (bicyclic) bond motifs is 2. The first kappa shape index (κ1) is 20.6. The summed E-state index contributed by atoms with van der Waals surface area (Å²) in [6.45, 7) is 0.544. The van der Waals surface area contributed by atoms with Crippen LogP contribution >= 0.6 is 0 Å². The molecule has 1 unspecified atom stereocenters. The predicted molar refractivity (Wildman–Crippen MR) is 135 cm³/mol. The van der Waals surface area contributed by atoms with Crippen molar-refractivity contribution in [3.63, 3.8) is 0 Å². The Morgan fingerprint density at radius 3 is 2.18 bits per heavy atom. The van der Waals surface area contributed by atoms with Crippen molar-refractivity contribution in [1.29, 1.82) is 0 Å². The Morgan fingerprint density at radius 1 is 0.706 bits per heavy atom. The lowest BCUT2D eigenvalue weighted by atomic mass is 9.77. The van der Waals surface area contributed by atoms with Gasteiger partial charge in [0, 0.05) is 5.41 Å². The number of aromatic hydroxyl groups is 2. The molecule has 0 heterocycles. The number of benzene rings is 4. The zero-order valence-electron chi connectivity index (χ0n) is 18.9. The summed E-state index contributed by atoms with van der Waals surface area (Å²) in [7, 11) is 0. The minimum Gasteiger partial charge on any atom is -0.508 e. The lowest BCUT2D eigenvalue weighted by Crippen LogP contribution is -2.20. The van der Waals surface area contributed by atoms with Gasteiger partial charge in [-0.2, -0.15) is 0 Å². The molecular formula is C31H26O3. The van der Waals surface area contributed by atoms with Gasteiger partial charge in [0.15, 0.2) is 0 Å². The summed E-state index contributed by atoms with van der Waals surface area (Å²) in [5, 5.41) is 20.3. The van der Waals surface area contributed by atoms with Crippen LogP contribution in [0.5, 0.6) is 17.2 Å². The van der Waals surface area contributed by atoms with Crippen LogP contribution in [0.4, 0.5) is 0 Å². The highest BCUT2D eigenvalue weighted by molar-refractivity contribution is 5.90. The second-order valence-corrected chi connectivity index (χ2v) is 9.51. The molecule has 4 aromatic rings. The minimum atomic E-state index is -0.0608. The minimum absolute atomic E-state index is 0.0608. The van der Waals surface area contributed by atoms with E-state index in [-0.39, 0.29) is 5.41 Å². The molecule has 2 N–H and O–H groups in total. The summed E-state index contributed by atoms with van der Waals surface area (Å²) in [6, 6.07) is 29.8. The van der Waals surface area contributed by atoms with Crippen LogP contribution in [0.15, 0.2) is 91.0 Å². The molecule has 1 spiro atoms. The van der Waals surface area contributed by atoms with Crippen molar-refractivity contribution in [3.05, 3.63) is 124 Å². The molecule has 2 aliphatic carbocycles. The quantitative estimate of drug-likeness (QED) is 0.373. The van der Waals surface area contributed by atoms with Gasteiger partial charge in [0.2, 0.25) is 0 Å². The predicted octanol–water partition coefficient (Wildman–Crippen LogP) is 6.56. The van der Waals surface area contributed by atoms with Gasteiger partial charge in [-0.05, 0) is 94.6 Å². The Hall–Kier alpha value is -3.98. The fourth-order valence-electron chi connectivity index (χ4n) is 5.57. The van der Waals surface area contributed by atoms with Crippen LogP contribution in [-0.4, -0.2) is 10.2 Å². The van der Waals surface area contributed by atoms with Crippen molar-refractivity contribution in [1.82, 2.24) is 0 Å². The first-order valence-corrected chi connectivity index (χ1v) is 11.7. The van der Waals surface area contributed by atoms with Crippen LogP contribution in [0, 0.1) is 5.41 Å². The lowest BCUT2D eigenvalue weighted by Gasteiger charge is -2.26. The molecule has 1 atom stereocenters. The van der Waals surface area contributed by atoms with E-state index < -0.39 is 0 Å². The third kappa shape index (κ3) is 3.73. The third-order valence-corrected chi connectivity index (χ3v) is 7.17. The molecular weight excluding hydrogens is 420 g/mol. The van der Waals surface area contributed by atoms with E-state index >= 15 is 0 Å². The second kappa shape index (κ2) is 8.11. The number of rotatable bonds is 4. The zero-order chi connectivity index (χ0) is 23.1. The average Bonchev–Trinajstić information content (AvgIpc) is 3.35. The molecule has 0 aromatic heterocycles. The van der Waals surface area contributed by atoms with Crippen LogP contribution < -0.4 is 4.74 Å². The summed E-state index contributed by atoms with van der Waals surface area (Å²) in [4.78, 5) is 0. The summed E-state index contributed by atoms with van der Waals surface area (Å²) in [6.07, 6.45) is 5.01. The molecule has 0 saturated heterocycles. The number of hydrogen-bond acceptors (Lipinski definition) is 3. The zero-order valence-corrected chi connectivity index (χ0v) is 18.9. The van der Waals surface area contributed by atoms with Crippen LogP contribution in [0.25, 0.3) is 11.6 Å². The Kier molecular flexibility index (Phi) is 4.91. The van der Waals surface area contributed by atoms with Gasteiger partial charge in [0.25, 0.3) is 0 Å². The third-order valence-electron chi connectivity index (χ3n) is 7.17. The van der Waals surface area contributed by atoms with E-state index in [9.17, 15) is 10.2 Å². The van der Waals surface area contributed by atoms with Crippen molar-refractivity contribution in [3.8, 4) is 17.2 Å². The molecule has 6 rings (SSSR count). The first-order valence-electron chi connectivity index (χ1n) is 11.7. The highest BCUT2D eigenvalue weighted by Gasteiger charge is 2.46. The molecule has 3 nitrogen and oxygen atoms in total. The largest absolute Gasteiger partial charge is 0.508 e. The van der Waals surface area contributed by atoms with E-state index in [4.69, 9.17) is 4.74 Å². The number of phenolic OH excluding ortho intramolecular Hbond substituents is 2. The smallest absolute Gasteiger partial charge is 0.119 e. The van der Waals surface area contributed by atoms with E-state index in [1.165, 1.54) is 22.3 Å². The van der Waals surface area contributed by atoms with E-state index in [0.717, 1.165) is 41.7 Å². The SMILES string of the molecule is Oc1ccc2c(c1)CC1(C2)Cc2ccc(O)cc2/C1=C/c1ccc(OCc2ccccc2)cc1. The van der Waals surface area contributed by atoms with Crippen molar-refractivity contribution in [2.45, 2.75) is 25.9 Å². The Bertz CT molecular complexity index is 1380. The van der Waals surface area contributed by atoms with Gasteiger partial charge >= 0.3 is 0 Å². The van der Waals surface area contributed by atoms with Crippen molar-refractivity contribution in [2.24, 2.45) is 5.41 Å². The standard InChI is InChI=1S/C31H26O3/c32-26-10-8-23-17-31(19-25(23)15-26)18-24-9-11-27(33)16-29(24)30(31)14-21-6-12-28(13-7-21)34-20-22-4-2-1-3-5-22/h1-16,32-33H,17-20H2/b30-14-. The van der Waals surface area contributed by atoms with Crippen LogP contribution in [0.3, 0.4) is 0 Å². The topological polar surface area (TPSA) is 49.7 Å². The van der Waals surface area contributed by atoms with Crippen molar-refractivity contribution in [2.75, 3.05) is 0 Å². The summed E-state index contributed by atoms with van der Waals surface area (Å²) in [5.41, 5.74) is 8.35. The molecule has 168 valence electrons. The number of ether oxygens (including phenoxy) is 1. The molecule has 4 aromatic carbocycles. The van der Waals surface area contributed by atoms with Gasteiger partial charge in [-0.25, -0.2) is 0 Å². The molecule has 34 heavy (non-hydrogen) atoms. The fourth-order valence-corrected chi connectivity index (χ4v) is 5.57. The van der Waals surface area contributed by atoms with E-state index in [2.05, 4.69) is 36.4 Å². The molecule has 0 aliphatic heterocycles. The summed E-state index contributed by atoms with van der Waals surface area (Å²) >= 11 is 0. The fraction of sp³-hybridized carbons (Fsp3) is 0.161. The van der Waals surface area contributed by atoms with Crippen LogP contribution in [0.2, 0.25) is 0 Å². The van der Waals surface area contributed by atoms with Gasteiger partial charge in [0.1, 0.15) is 23.9 Å². The molecule has 0 amide bonds. The first-order chi connectivity index (χ1) is 16.6. The highest BCUT2D eigenvalue weighted by Crippen LogP contribution is 2.55. The summed E-state index contributed by atoms with van der Waals surface area (Å²) in [5.74, 6) is 1.45. The molecule has 0 bridgehead atoms. The molecule has 2 aliphatic rings. The lowest BCUT2D eigenvalue weighted by molar-refractivity contribution is 0.306. The van der Waals surface area contributed by atoms with Gasteiger partial charge in [-0.15, -0.1) is 0 Å². The molecule has 0 radical (unpaired) electrons. The van der Waals surface area contributed by atoms with Gasteiger partial charge in [-0.3, -0.25) is 0 Å². The van der Waals surface area contributed by atoms with E-state index in [1.54, 1.807) is 12.1 Å². The average molecular weight is 447 g/mol. The van der Waals surface area contributed by atoms with E-state index in [0.29, 0.717) is 18.1 Å². The Balaban J connectivity index is 1.32. The second-order valence-electron chi connectivity index (χ2n) is 9.51. The normalized spacial score (nSPS) is 19.4. The highest BCUT2D eigenvalue weighted by atomic mass is 16.5. The summed E-state index contributed by atoms with van der Waals surface area (Å²) < 4.78 is 5.96. The number of phenols is 2.